The summed E-state index contributed by atoms with van der Waals surface area (Å²) in [6, 6.07) is 11.1. The summed E-state index contributed by atoms with van der Waals surface area (Å²) in [7, 11) is 0. The number of amides is 2. The first-order valence-corrected chi connectivity index (χ1v) is 10.7. The van der Waals surface area contributed by atoms with Crippen molar-refractivity contribution >= 4 is 11.7 Å². The number of nitrogens with zero attached hydrogens (tertiary/aromatic N) is 3. The molecule has 8 nitrogen and oxygen atoms in total. The molecule has 0 saturated carbocycles. The van der Waals surface area contributed by atoms with Gasteiger partial charge in [0.05, 0.1) is 31.6 Å². The minimum Gasteiger partial charge on any atom is -0.487 e. The molecule has 0 spiro atoms. The first kappa shape index (κ1) is 24.3. The fraction of sp³-hybridized carbons (Fsp3) is 0.304. The summed E-state index contributed by atoms with van der Waals surface area (Å²) in [5.41, 5.74) is 1.33. The van der Waals surface area contributed by atoms with Gasteiger partial charge in [-0.1, -0.05) is 24.3 Å². The van der Waals surface area contributed by atoms with Gasteiger partial charge in [-0.05, 0) is 29.8 Å². The average molecular weight is 494 g/mol. The summed E-state index contributed by atoms with van der Waals surface area (Å²) in [5, 5.41) is 6.96. The lowest BCUT2D eigenvalue weighted by Crippen LogP contribution is -2.49. The second kappa shape index (κ2) is 10.6. The molecule has 1 aliphatic heterocycles. The van der Waals surface area contributed by atoms with Gasteiger partial charge in [-0.3, -0.25) is 4.68 Å². The number of rotatable bonds is 7. The predicted octanol–water partition coefficient (Wildman–Crippen LogP) is 4.28. The Morgan fingerprint density at radius 2 is 1.89 bits per heavy atom. The highest BCUT2D eigenvalue weighted by Gasteiger charge is 2.32. The number of hydrogen-bond donors (Lipinski definition) is 1. The second-order valence-electron chi connectivity index (χ2n) is 7.73. The third-order valence-electron chi connectivity index (χ3n) is 5.07. The topological polar surface area (TPSA) is 77.9 Å². The van der Waals surface area contributed by atoms with E-state index in [1.165, 1.54) is 41.4 Å². The van der Waals surface area contributed by atoms with Crippen molar-refractivity contribution in [3.63, 3.8) is 0 Å². The van der Waals surface area contributed by atoms with Gasteiger partial charge in [0.1, 0.15) is 18.5 Å². The van der Waals surface area contributed by atoms with Crippen LogP contribution in [-0.4, -0.2) is 59.5 Å². The number of anilines is 1. The van der Waals surface area contributed by atoms with Crippen molar-refractivity contribution in [1.82, 2.24) is 14.7 Å². The number of hydrogen-bond acceptors (Lipinski definition) is 5. The van der Waals surface area contributed by atoms with Crippen LogP contribution in [0.1, 0.15) is 5.56 Å². The van der Waals surface area contributed by atoms with E-state index in [2.05, 4.69) is 15.2 Å². The van der Waals surface area contributed by atoms with Crippen LogP contribution in [0.15, 0.2) is 60.9 Å². The number of benzene rings is 2. The molecule has 186 valence electrons. The number of aromatic nitrogens is 2. The number of ether oxygens (including phenoxy) is 3. The van der Waals surface area contributed by atoms with E-state index in [1.807, 2.05) is 0 Å². The van der Waals surface area contributed by atoms with Gasteiger partial charge < -0.3 is 24.4 Å². The van der Waals surface area contributed by atoms with Gasteiger partial charge in [-0.25, -0.2) is 9.18 Å². The summed E-state index contributed by atoms with van der Waals surface area (Å²) in [5.74, 6) is -0.859. The largest absolute Gasteiger partial charge is 0.573 e. The van der Waals surface area contributed by atoms with Gasteiger partial charge >= 0.3 is 12.4 Å². The van der Waals surface area contributed by atoms with Crippen LogP contribution in [0, 0.1) is 5.82 Å². The quantitative estimate of drug-likeness (QED) is 0.496. The van der Waals surface area contributed by atoms with Gasteiger partial charge in [0, 0.05) is 12.7 Å². The molecule has 2 aromatic carbocycles. The Morgan fingerprint density at radius 1 is 1.14 bits per heavy atom. The molecule has 1 aliphatic rings. The zero-order chi connectivity index (χ0) is 24.8. The molecule has 0 aliphatic carbocycles. The standard InChI is InChI=1S/C23H22F4N4O4/c24-17-7-5-16(6-8-17)12-31-13-18(11-28-31)29-22(32)30-9-10-33-19(14-30)15-34-20-3-1-2-4-21(20)35-23(25,26)27/h1-8,11,13,19H,9-10,12,14-15H2,(H,29,32). The lowest BCUT2D eigenvalue weighted by Gasteiger charge is -2.32. The number of carbonyl (C=O) groups excluding carboxylic acids is 1. The average Bonchev–Trinajstić information content (AvgIpc) is 3.26. The molecule has 35 heavy (non-hydrogen) atoms. The number of alkyl halides is 3. The van der Waals surface area contributed by atoms with Crippen molar-refractivity contribution in [3.05, 3.63) is 72.3 Å². The maximum atomic E-state index is 13.1. The van der Waals surface area contributed by atoms with Crippen molar-refractivity contribution in [3.8, 4) is 11.5 Å². The van der Waals surface area contributed by atoms with Crippen molar-refractivity contribution < 1.29 is 36.6 Å². The summed E-state index contributed by atoms with van der Waals surface area (Å²) in [6.07, 6.45) is -2.24. The maximum Gasteiger partial charge on any atom is 0.573 e. The molecule has 1 saturated heterocycles. The fourth-order valence-corrected chi connectivity index (χ4v) is 3.46. The summed E-state index contributed by atoms with van der Waals surface area (Å²) >= 11 is 0. The molecule has 1 aromatic heterocycles. The molecule has 1 atom stereocenters. The van der Waals surface area contributed by atoms with E-state index < -0.39 is 18.2 Å². The van der Waals surface area contributed by atoms with Crippen LogP contribution in [0.25, 0.3) is 0 Å². The molecule has 1 unspecified atom stereocenters. The van der Waals surface area contributed by atoms with Crippen molar-refractivity contribution in [2.45, 2.75) is 19.0 Å². The highest BCUT2D eigenvalue weighted by atomic mass is 19.4. The van der Waals surface area contributed by atoms with E-state index in [4.69, 9.17) is 9.47 Å². The number of halogens is 4. The van der Waals surface area contributed by atoms with E-state index in [9.17, 15) is 22.4 Å². The van der Waals surface area contributed by atoms with E-state index in [-0.39, 0.29) is 37.4 Å². The molecule has 2 amide bonds. The van der Waals surface area contributed by atoms with Crippen molar-refractivity contribution in [1.29, 1.82) is 0 Å². The van der Waals surface area contributed by atoms with Crippen LogP contribution in [-0.2, 0) is 11.3 Å². The van der Waals surface area contributed by atoms with Gasteiger partial charge in [-0.2, -0.15) is 5.10 Å². The maximum absolute atomic E-state index is 13.1. The fourth-order valence-electron chi connectivity index (χ4n) is 3.46. The molecular weight excluding hydrogens is 472 g/mol. The SMILES string of the molecule is O=C(Nc1cnn(Cc2ccc(F)cc2)c1)N1CCOC(COc2ccccc2OC(F)(F)F)C1. The Bertz CT molecular complexity index is 1140. The van der Waals surface area contributed by atoms with E-state index in [0.29, 0.717) is 18.8 Å². The Balaban J connectivity index is 1.29. The zero-order valence-corrected chi connectivity index (χ0v) is 18.4. The molecule has 0 radical (unpaired) electrons. The molecule has 4 rings (SSSR count). The summed E-state index contributed by atoms with van der Waals surface area (Å²) in [4.78, 5) is 14.2. The van der Waals surface area contributed by atoms with Gasteiger partial charge in [-0.15, -0.1) is 13.2 Å². The monoisotopic (exact) mass is 494 g/mol. The number of nitrogens with one attached hydrogen (secondary N) is 1. The van der Waals surface area contributed by atoms with Crippen LogP contribution in [0.5, 0.6) is 11.5 Å². The third-order valence-corrected chi connectivity index (χ3v) is 5.07. The van der Waals surface area contributed by atoms with E-state index in [0.717, 1.165) is 11.6 Å². The van der Waals surface area contributed by atoms with Crippen LogP contribution in [0.2, 0.25) is 0 Å². The van der Waals surface area contributed by atoms with Crippen LogP contribution < -0.4 is 14.8 Å². The first-order chi connectivity index (χ1) is 16.7. The van der Waals surface area contributed by atoms with Crippen LogP contribution in [0.4, 0.5) is 28.0 Å². The molecule has 1 fully saturated rings. The zero-order valence-electron chi connectivity index (χ0n) is 18.4. The number of urea groups is 1. The van der Waals surface area contributed by atoms with E-state index in [1.54, 1.807) is 23.0 Å². The first-order valence-electron chi connectivity index (χ1n) is 10.7. The summed E-state index contributed by atoms with van der Waals surface area (Å²) < 4.78 is 67.5. The lowest BCUT2D eigenvalue weighted by atomic mass is 10.2. The third kappa shape index (κ3) is 7.09. The Morgan fingerprint density at radius 3 is 2.63 bits per heavy atom. The normalized spacial score (nSPS) is 16.1. The molecule has 0 bridgehead atoms. The minimum absolute atomic E-state index is 0.0718. The van der Waals surface area contributed by atoms with Gasteiger partial charge in [0.25, 0.3) is 0 Å². The number of para-hydroxylation sites is 2. The highest BCUT2D eigenvalue weighted by Crippen LogP contribution is 2.32. The summed E-state index contributed by atoms with van der Waals surface area (Å²) in [6.45, 7) is 1.09. The highest BCUT2D eigenvalue weighted by molar-refractivity contribution is 5.89. The molecule has 12 heteroatoms. The van der Waals surface area contributed by atoms with Crippen molar-refractivity contribution in [2.75, 3.05) is 31.6 Å². The predicted molar refractivity (Wildman–Crippen MR) is 117 cm³/mol. The number of carbonyl (C=O) groups is 1. The molecular formula is C23H22F4N4O4. The second-order valence-corrected chi connectivity index (χ2v) is 7.73. The molecule has 1 N–H and O–H groups in total. The minimum atomic E-state index is -4.84. The Labute approximate surface area is 198 Å². The van der Waals surface area contributed by atoms with Crippen LogP contribution >= 0.6 is 0 Å². The van der Waals surface area contributed by atoms with Gasteiger partial charge in [0.2, 0.25) is 0 Å². The van der Waals surface area contributed by atoms with Crippen LogP contribution in [0.3, 0.4) is 0 Å². The number of morpholine rings is 1. The van der Waals surface area contributed by atoms with Gasteiger partial charge in [0.15, 0.2) is 11.5 Å². The smallest absolute Gasteiger partial charge is 0.487 e. The molecule has 3 aromatic rings. The van der Waals surface area contributed by atoms with Crippen molar-refractivity contribution in [2.24, 2.45) is 0 Å². The Hall–Kier alpha value is -3.80. The Kier molecular flexibility index (Phi) is 7.39. The lowest BCUT2D eigenvalue weighted by molar-refractivity contribution is -0.275. The van der Waals surface area contributed by atoms with E-state index >= 15 is 0 Å². The molecule has 2 heterocycles.